The smallest absolute Gasteiger partial charge is 0.307 e. The number of ether oxygens (including phenoxy) is 1. The summed E-state index contributed by atoms with van der Waals surface area (Å²) in [6.07, 6.45) is 6.29. The van der Waals surface area contributed by atoms with Crippen LogP contribution < -0.4 is 5.73 Å². The monoisotopic (exact) mass is 299 g/mol. The molecule has 0 bridgehead atoms. The van der Waals surface area contributed by atoms with E-state index in [1.165, 1.54) is 38.1 Å². The molecule has 2 aliphatic rings. The third-order valence-electron chi connectivity index (χ3n) is 3.78. The Morgan fingerprint density at radius 1 is 1.40 bits per heavy atom. The Morgan fingerprint density at radius 3 is 2.70 bits per heavy atom. The van der Waals surface area contributed by atoms with Crippen molar-refractivity contribution in [2.24, 2.45) is 16.8 Å². The fourth-order valence-electron chi connectivity index (χ4n) is 2.72. The lowest BCUT2D eigenvalue weighted by Crippen LogP contribution is -2.34. The highest BCUT2D eigenvalue weighted by Gasteiger charge is 2.36. The number of hydrazone groups is 1. The van der Waals surface area contributed by atoms with Crippen LogP contribution in [0.5, 0.6) is 0 Å². The molecule has 0 radical (unpaired) electrons. The Morgan fingerprint density at radius 2 is 2.10 bits per heavy atom. The fourth-order valence-corrected chi connectivity index (χ4v) is 3.96. The Bertz CT molecular complexity index is 408. The molecule has 0 aromatic rings. The fraction of sp³-hybridized carbons (Fsp3) is 0.769. The van der Waals surface area contributed by atoms with Crippen LogP contribution in [0, 0.1) is 5.92 Å². The molecule has 0 spiro atoms. The van der Waals surface area contributed by atoms with Crippen molar-refractivity contribution in [1.82, 2.24) is 5.01 Å². The molecule has 1 fully saturated rings. The van der Waals surface area contributed by atoms with Gasteiger partial charge in [0.05, 0.1) is 13.5 Å². The van der Waals surface area contributed by atoms with Gasteiger partial charge in [-0.1, -0.05) is 31.0 Å². The van der Waals surface area contributed by atoms with Crippen LogP contribution in [0.15, 0.2) is 5.10 Å². The standard InChI is InChI=1S/C13H21N3O3S/c1-19-10(17)7-8-16-13(9-5-3-2-4-6-9)20-12(15-16)11(14)18/h9,13H,2-8H2,1H3,(H2,14,18). The van der Waals surface area contributed by atoms with E-state index in [1.54, 1.807) is 0 Å². The summed E-state index contributed by atoms with van der Waals surface area (Å²) in [7, 11) is 1.37. The number of nitrogens with two attached hydrogens (primary N) is 1. The van der Waals surface area contributed by atoms with E-state index in [0.29, 0.717) is 17.5 Å². The number of amides is 1. The molecule has 1 heterocycles. The van der Waals surface area contributed by atoms with Crippen molar-refractivity contribution in [1.29, 1.82) is 0 Å². The van der Waals surface area contributed by atoms with E-state index >= 15 is 0 Å². The maximum atomic E-state index is 11.3. The van der Waals surface area contributed by atoms with Crippen LogP contribution in [0.3, 0.4) is 0 Å². The van der Waals surface area contributed by atoms with Gasteiger partial charge < -0.3 is 10.5 Å². The van der Waals surface area contributed by atoms with Gasteiger partial charge in [0.15, 0.2) is 5.04 Å². The summed E-state index contributed by atoms with van der Waals surface area (Å²) in [5.74, 6) is -0.247. The van der Waals surface area contributed by atoms with Crippen LogP contribution >= 0.6 is 11.8 Å². The molecule has 112 valence electrons. The molecule has 0 aromatic carbocycles. The molecule has 2 N–H and O–H groups in total. The van der Waals surface area contributed by atoms with E-state index in [0.717, 1.165) is 12.8 Å². The molecular weight excluding hydrogens is 278 g/mol. The number of carbonyl (C=O) groups is 2. The normalized spacial score (nSPS) is 23.6. The van der Waals surface area contributed by atoms with Gasteiger partial charge in [-0.15, -0.1) is 0 Å². The maximum absolute atomic E-state index is 11.3. The minimum atomic E-state index is -0.489. The van der Waals surface area contributed by atoms with Gasteiger partial charge in [0.1, 0.15) is 5.37 Å². The van der Waals surface area contributed by atoms with Crippen LogP contribution in [0.1, 0.15) is 38.5 Å². The van der Waals surface area contributed by atoms with E-state index in [4.69, 9.17) is 5.73 Å². The van der Waals surface area contributed by atoms with Crippen LogP contribution in [-0.2, 0) is 14.3 Å². The average molecular weight is 299 g/mol. The molecule has 20 heavy (non-hydrogen) atoms. The van der Waals surface area contributed by atoms with E-state index in [-0.39, 0.29) is 17.8 Å². The van der Waals surface area contributed by atoms with Gasteiger partial charge in [-0.2, -0.15) is 5.10 Å². The number of carbonyl (C=O) groups excluding carboxylic acids is 2. The number of thioether (sulfide) groups is 1. The third kappa shape index (κ3) is 3.65. The second-order valence-electron chi connectivity index (χ2n) is 5.17. The molecule has 1 atom stereocenters. The zero-order chi connectivity index (χ0) is 14.5. The number of hydrogen-bond acceptors (Lipinski definition) is 6. The van der Waals surface area contributed by atoms with Crippen LogP contribution in [0.25, 0.3) is 0 Å². The second-order valence-corrected chi connectivity index (χ2v) is 6.27. The van der Waals surface area contributed by atoms with Crippen molar-refractivity contribution in [3.8, 4) is 0 Å². The van der Waals surface area contributed by atoms with Crippen LogP contribution in [0.2, 0.25) is 0 Å². The quantitative estimate of drug-likeness (QED) is 0.774. The Labute approximate surface area is 123 Å². The molecule has 1 saturated carbocycles. The lowest BCUT2D eigenvalue weighted by Gasteiger charge is -2.32. The van der Waals surface area contributed by atoms with E-state index in [9.17, 15) is 9.59 Å². The van der Waals surface area contributed by atoms with E-state index < -0.39 is 5.91 Å². The highest BCUT2D eigenvalue weighted by Crippen LogP contribution is 2.38. The minimum Gasteiger partial charge on any atom is -0.469 e. The van der Waals surface area contributed by atoms with E-state index in [2.05, 4.69) is 9.84 Å². The Hall–Kier alpha value is -1.24. The van der Waals surface area contributed by atoms with Gasteiger partial charge in [0, 0.05) is 6.54 Å². The van der Waals surface area contributed by atoms with Crippen LogP contribution in [0.4, 0.5) is 0 Å². The molecule has 6 nitrogen and oxygen atoms in total. The number of rotatable bonds is 5. The van der Waals surface area contributed by atoms with Gasteiger partial charge in [0.25, 0.3) is 5.91 Å². The summed E-state index contributed by atoms with van der Waals surface area (Å²) in [4.78, 5) is 22.6. The summed E-state index contributed by atoms with van der Waals surface area (Å²) in [5.41, 5.74) is 5.33. The van der Waals surface area contributed by atoms with Crippen molar-refractivity contribution in [2.75, 3.05) is 13.7 Å². The first-order valence-corrected chi connectivity index (χ1v) is 7.88. The third-order valence-corrected chi connectivity index (χ3v) is 5.16. The summed E-state index contributed by atoms with van der Waals surface area (Å²) in [6.45, 7) is 0.470. The second kappa shape index (κ2) is 6.97. The molecule has 1 aliphatic carbocycles. The van der Waals surface area contributed by atoms with Crippen molar-refractivity contribution < 1.29 is 14.3 Å². The summed E-state index contributed by atoms with van der Waals surface area (Å²) in [5, 5.41) is 6.61. The zero-order valence-electron chi connectivity index (χ0n) is 11.7. The first kappa shape index (κ1) is 15.2. The minimum absolute atomic E-state index is 0.127. The molecule has 7 heteroatoms. The largest absolute Gasteiger partial charge is 0.469 e. The maximum Gasteiger partial charge on any atom is 0.307 e. The molecule has 0 saturated heterocycles. The van der Waals surface area contributed by atoms with Gasteiger partial charge in [-0.25, -0.2) is 0 Å². The highest BCUT2D eigenvalue weighted by atomic mass is 32.2. The lowest BCUT2D eigenvalue weighted by molar-refractivity contribution is -0.141. The number of methoxy groups -OCH3 is 1. The van der Waals surface area contributed by atoms with Crippen molar-refractivity contribution in [3.05, 3.63) is 0 Å². The molecule has 1 amide bonds. The average Bonchev–Trinajstić information content (AvgIpc) is 2.90. The van der Waals surface area contributed by atoms with Gasteiger partial charge >= 0.3 is 5.97 Å². The highest BCUT2D eigenvalue weighted by molar-refractivity contribution is 8.16. The summed E-state index contributed by atoms with van der Waals surface area (Å²) >= 11 is 1.44. The van der Waals surface area contributed by atoms with Gasteiger partial charge in [-0.05, 0) is 18.8 Å². The van der Waals surface area contributed by atoms with Crippen molar-refractivity contribution in [3.63, 3.8) is 0 Å². The van der Waals surface area contributed by atoms with Crippen LogP contribution in [-0.4, -0.2) is 41.0 Å². The predicted octanol–water partition coefficient (Wildman–Crippen LogP) is 1.30. The summed E-state index contributed by atoms with van der Waals surface area (Å²) in [6, 6.07) is 0. The molecule has 1 aliphatic heterocycles. The summed E-state index contributed by atoms with van der Waals surface area (Å²) < 4.78 is 4.65. The van der Waals surface area contributed by atoms with E-state index in [1.807, 2.05) is 5.01 Å². The Kier molecular flexibility index (Phi) is 5.28. The predicted molar refractivity (Wildman–Crippen MR) is 77.9 cm³/mol. The number of hydrogen-bond donors (Lipinski definition) is 1. The van der Waals surface area contributed by atoms with Crippen molar-refractivity contribution in [2.45, 2.75) is 43.9 Å². The first-order chi connectivity index (χ1) is 9.61. The number of primary amides is 1. The number of nitrogens with zero attached hydrogens (tertiary/aromatic N) is 2. The zero-order valence-corrected chi connectivity index (χ0v) is 12.5. The molecule has 2 rings (SSSR count). The number of esters is 1. The Balaban J connectivity index is 2.01. The lowest BCUT2D eigenvalue weighted by atomic mass is 9.89. The van der Waals surface area contributed by atoms with Crippen molar-refractivity contribution >= 4 is 28.7 Å². The molecular formula is C13H21N3O3S. The molecule has 1 unspecified atom stereocenters. The van der Waals surface area contributed by atoms with Gasteiger partial charge in [-0.3, -0.25) is 14.6 Å². The topological polar surface area (TPSA) is 85.0 Å². The first-order valence-electron chi connectivity index (χ1n) is 7.00. The SMILES string of the molecule is COC(=O)CCN1N=C(C(N)=O)SC1C1CCCCC1. The molecule has 0 aromatic heterocycles. The van der Waals surface area contributed by atoms with Gasteiger partial charge in [0.2, 0.25) is 0 Å².